The van der Waals surface area contributed by atoms with Gasteiger partial charge in [0.05, 0.1) is 8.80 Å². The van der Waals surface area contributed by atoms with Crippen LogP contribution in [0.1, 0.15) is 41.1 Å². The van der Waals surface area contributed by atoms with E-state index < -0.39 is 8.80 Å². The fourth-order valence-electron chi connectivity index (χ4n) is 3.38. The van der Waals surface area contributed by atoms with E-state index in [1.54, 1.807) is 28.8 Å². The molecule has 1 saturated heterocycles. The maximum absolute atomic E-state index is 2.47. The molecule has 1 heteroatoms. The largest absolute Gasteiger partial charge is 0.0682 e. The van der Waals surface area contributed by atoms with Gasteiger partial charge >= 0.3 is 0 Å². The van der Waals surface area contributed by atoms with E-state index in [2.05, 4.69) is 39.0 Å². The lowest BCUT2D eigenvalue weighted by molar-refractivity contribution is 0.878. The highest BCUT2D eigenvalue weighted by Crippen LogP contribution is 2.45. The van der Waals surface area contributed by atoms with Gasteiger partial charge in [0.2, 0.25) is 0 Å². The van der Waals surface area contributed by atoms with Crippen LogP contribution in [0.15, 0.2) is 17.7 Å². The lowest BCUT2D eigenvalue weighted by Crippen LogP contribution is -2.30. The number of rotatable bonds is 1. The summed E-state index contributed by atoms with van der Waals surface area (Å²) in [6.07, 6.45) is 3.97. The molecule has 0 bridgehead atoms. The summed E-state index contributed by atoms with van der Waals surface area (Å²) in [5.41, 5.74) is 8.79. The van der Waals surface area contributed by atoms with Crippen molar-refractivity contribution in [3.8, 4) is 0 Å². The van der Waals surface area contributed by atoms with Crippen molar-refractivity contribution in [2.75, 3.05) is 0 Å². The fourth-order valence-corrected chi connectivity index (χ4v) is 6.68. The van der Waals surface area contributed by atoms with E-state index in [0.29, 0.717) is 0 Å². The van der Waals surface area contributed by atoms with E-state index in [1.807, 2.05) is 0 Å². The predicted octanol–water partition coefficient (Wildman–Crippen LogP) is 3.97. The molecule has 1 aromatic rings. The highest BCUT2D eigenvalue weighted by atomic mass is 28.3. The normalized spacial score (nSPS) is 23.9. The molecule has 0 aromatic heterocycles. The second-order valence-electron chi connectivity index (χ2n) is 5.58. The molecule has 16 heavy (non-hydrogen) atoms. The molecule has 2 aliphatic rings. The Morgan fingerprint density at radius 1 is 1.06 bits per heavy atom. The minimum atomic E-state index is -0.465. The fraction of sp³-hybridized carbons (Fsp3) is 0.467. The predicted molar refractivity (Wildman–Crippen MR) is 73.7 cm³/mol. The molecule has 84 valence electrons. The van der Waals surface area contributed by atoms with Crippen LogP contribution in [0.3, 0.4) is 0 Å². The van der Waals surface area contributed by atoms with Crippen molar-refractivity contribution in [3.63, 3.8) is 0 Å². The van der Waals surface area contributed by atoms with Crippen LogP contribution in [0.4, 0.5) is 0 Å². The topological polar surface area (TPSA) is 0 Å². The molecule has 1 aromatic carbocycles. The van der Waals surface area contributed by atoms with Gasteiger partial charge in [0.25, 0.3) is 0 Å². The summed E-state index contributed by atoms with van der Waals surface area (Å²) in [7, 11) is -0.465. The molecule has 0 N–H and O–H groups in total. The van der Waals surface area contributed by atoms with Crippen LogP contribution >= 0.6 is 0 Å². The van der Waals surface area contributed by atoms with E-state index in [-0.39, 0.29) is 0 Å². The van der Waals surface area contributed by atoms with Crippen LogP contribution in [-0.2, 0) is 0 Å². The zero-order chi connectivity index (χ0) is 11.3. The van der Waals surface area contributed by atoms with Gasteiger partial charge in [-0.05, 0) is 48.6 Å². The Bertz CT molecular complexity index is 467. The summed E-state index contributed by atoms with van der Waals surface area (Å²) < 4.78 is 0. The summed E-state index contributed by atoms with van der Waals surface area (Å²) in [6.45, 7) is 6.91. The molecular weight excluding hydrogens is 208 g/mol. The molecule has 0 nitrogen and oxygen atoms in total. The lowest BCUT2D eigenvalue weighted by Gasteiger charge is -2.32. The molecule has 0 amide bonds. The molecule has 1 fully saturated rings. The van der Waals surface area contributed by atoms with Gasteiger partial charge in [0.1, 0.15) is 0 Å². The molecule has 1 atom stereocenters. The van der Waals surface area contributed by atoms with E-state index in [4.69, 9.17) is 0 Å². The zero-order valence-corrected chi connectivity index (χ0v) is 11.7. The number of hydrogen-bond acceptors (Lipinski definition) is 0. The summed E-state index contributed by atoms with van der Waals surface area (Å²) in [5, 5.41) is 0. The number of hydrogen-bond donors (Lipinski definition) is 0. The summed E-state index contributed by atoms with van der Waals surface area (Å²) in [5.74, 6) is 0. The molecule has 0 radical (unpaired) electrons. The van der Waals surface area contributed by atoms with Gasteiger partial charge in [-0.3, -0.25) is 0 Å². The Hall–Kier alpha value is -0.823. The molecule has 0 saturated carbocycles. The van der Waals surface area contributed by atoms with E-state index >= 15 is 0 Å². The van der Waals surface area contributed by atoms with E-state index in [1.165, 1.54) is 17.5 Å². The number of aryl methyl sites for hydroxylation is 2. The number of fused-ring (bicyclic) bond motifs is 1. The van der Waals surface area contributed by atoms with Crippen LogP contribution in [0.2, 0.25) is 12.1 Å². The van der Waals surface area contributed by atoms with Gasteiger partial charge in [-0.15, -0.1) is 0 Å². The highest BCUT2D eigenvalue weighted by Gasteiger charge is 2.35. The van der Waals surface area contributed by atoms with Crippen LogP contribution in [0.5, 0.6) is 0 Å². The minimum absolute atomic E-state index is 0.465. The van der Waals surface area contributed by atoms with Gasteiger partial charge in [0, 0.05) is 0 Å². The van der Waals surface area contributed by atoms with Crippen molar-refractivity contribution in [1.82, 2.24) is 0 Å². The summed E-state index contributed by atoms with van der Waals surface area (Å²) in [6, 6.07) is 7.74. The van der Waals surface area contributed by atoms with Crippen molar-refractivity contribution in [2.24, 2.45) is 0 Å². The molecule has 1 aliphatic carbocycles. The lowest BCUT2D eigenvalue weighted by atomic mass is 9.99. The van der Waals surface area contributed by atoms with Crippen molar-refractivity contribution in [3.05, 3.63) is 40.0 Å². The highest BCUT2D eigenvalue weighted by molar-refractivity contribution is 6.64. The van der Waals surface area contributed by atoms with Crippen molar-refractivity contribution in [2.45, 2.75) is 44.8 Å². The maximum Gasteiger partial charge on any atom is 0.0500 e. The van der Waals surface area contributed by atoms with Crippen molar-refractivity contribution >= 4 is 14.9 Å². The molecule has 1 aliphatic heterocycles. The zero-order valence-electron chi connectivity index (χ0n) is 10.5. The third kappa shape index (κ3) is 1.34. The van der Waals surface area contributed by atoms with E-state index in [9.17, 15) is 0 Å². The number of benzene rings is 1. The molecule has 1 unspecified atom stereocenters. The molecule has 0 spiro atoms. The average Bonchev–Trinajstić information content (AvgIpc) is 2.50. The maximum atomic E-state index is 2.47. The molecule has 3 rings (SSSR count). The second-order valence-corrected chi connectivity index (χ2v) is 8.93. The monoisotopic (exact) mass is 228 g/mol. The van der Waals surface area contributed by atoms with Gasteiger partial charge in [-0.1, -0.05) is 42.3 Å². The Balaban J connectivity index is 2.13. The summed E-state index contributed by atoms with van der Waals surface area (Å²) in [4.78, 5) is 0. The van der Waals surface area contributed by atoms with Gasteiger partial charge in [-0.2, -0.15) is 0 Å². The standard InChI is InChI=1S/C15H20Si/c1-10-5-6-11(2)14-13(10)9-12(3)15(14)16-7-4-8-16/h5-6,9,15-16H,4,7-8H2,1-3H3. The van der Waals surface area contributed by atoms with Crippen molar-refractivity contribution < 1.29 is 0 Å². The Labute approximate surface area is 100.0 Å². The van der Waals surface area contributed by atoms with Crippen LogP contribution in [-0.4, -0.2) is 8.80 Å². The average molecular weight is 228 g/mol. The first-order valence-electron chi connectivity index (χ1n) is 6.47. The SMILES string of the molecule is CC1=Cc2c(C)ccc(C)c2C1[SiH]1CCC1. The van der Waals surface area contributed by atoms with E-state index in [0.717, 1.165) is 5.54 Å². The van der Waals surface area contributed by atoms with Crippen LogP contribution < -0.4 is 0 Å². The molecular formula is C15H20Si. The smallest absolute Gasteiger partial charge is 0.0500 e. The Morgan fingerprint density at radius 3 is 2.38 bits per heavy atom. The third-order valence-corrected chi connectivity index (χ3v) is 8.62. The number of allylic oxidation sites excluding steroid dienone is 1. The van der Waals surface area contributed by atoms with Crippen LogP contribution in [0, 0.1) is 13.8 Å². The van der Waals surface area contributed by atoms with Crippen LogP contribution in [0.25, 0.3) is 6.08 Å². The summed E-state index contributed by atoms with van der Waals surface area (Å²) >= 11 is 0. The second kappa shape index (κ2) is 3.59. The quantitative estimate of drug-likeness (QED) is 0.638. The minimum Gasteiger partial charge on any atom is -0.0682 e. The van der Waals surface area contributed by atoms with Gasteiger partial charge in [-0.25, -0.2) is 0 Å². The Kier molecular flexibility index (Phi) is 2.32. The van der Waals surface area contributed by atoms with Gasteiger partial charge in [0.15, 0.2) is 0 Å². The van der Waals surface area contributed by atoms with Gasteiger partial charge < -0.3 is 0 Å². The Morgan fingerprint density at radius 2 is 1.75 bits per heavy atom. The van der Waals surface area contributed by atoms with Crippen molar-refractivity contribution in [1.29, 1.82) is 0 Å². The first kappa shape index (κ1) is 10.3. The first-order chi connectivity index (χ1) is 7.68. The first-order valence-corrected chi connectivity index (χ1v) is 8.76. The third-order valence-electron chi connectivity index (χ3n) is 4.52. The molecule has 1 heterocycles.